The summed E-state index contributed by atoms with van der Waals surface area (Å²) in [4.78, 5) is 10.7. The molecular formula is C11H20O5. The molecule has 1 aliphatic rings. The zero-order valence-corrected chi connectivity index (χ0v) is 9.68. The Morgan fingerprint density at radius 2 is 2.19 bits per heavy atom. The van der Waals surface area contributed by atoms with Crippen LogP contribution in [0.25, 0.3) is 0 Å². The Kier molecular flexibility index (Phi) is 6.37. The topological polar surface area (TPSA) is 65.0 Å². The minimum Gasteiger partial charge on any atom is -0.479 e. The van der Waals surface area contributed by atoms with Gasteiger partial charge in [-0.25, -0.2) is 4.79 Å². The molecule has 0 aromatic rings. The predicted octanol–water partition coefficient (Wildman–Crippen LogP) is 0.919. The highest BCUT2D eigenvalue weighted by atomic mass is 16.5. The molecule has 0 spiro atoms. The second kappa shape index (κ2) is 7.60. The van der Waals surface area contributed by atoms with Crippen LogP contribution in [0.15, 0.2) is 0 Å². The summed E-state index contributed by atoms with van der Waals surface area (Å²) in [6.07, 6.45) is 1.14. The van der Waals surface area contributed by atoms with Crippen molar-refractivity contribution >= 4 is 5.97 Å². The molecule has 0 saturated carbocycles. The summed E-state index contributed by atoms with van der Waals surface area (Å²) >= 11 is 0. The summed E-state index contributed by atoms with van der Waals surface area (Å²) in [7, 11) is 0. The van der Waals surface area contributed by atoms with E-state index in [0.29, 0.717) is 19.1 Å². The van der Waals surface area contributed by atoms with Gasteiger partial charge in [0.1, 0.15) is 0 Å². The van der Waals surface area contributed by atoms with Crippen LogP contribution in [0.5, 0.6) is 0 Å². The lowest BCUT2D eigenvalue weighted by molar-refractivity contribution is -0.154. The first kappa shape index (κ1) is 13.4. The normalized spacial score (nSPS) is 19.6. The standard InChI is InChI=1S/C11H20O5/c1-2-16-10(11(12)13)8-15-7-9-3-5-14-6-4-9/h9-10H,2-8H2,1H3,(H,12,13). The maximum Gasteiger partial charge on any atom is 0.335 e. The van der Waals surface area contributed by atoms with E-state index in [1.54, 1.807) is 6.92 Å². The van der Waals surface area contributed by atoms with E-state index in [4.69, 9.17) is 19.3 Å². The largest absolute Gasteiger partial charge is 0.479 e. The van der Waals surface area contributed by atoms with Gasteiger partial charge in [-0.3, -0.25) is 0 Å². The fraction of sp³-hybridized carbons (Fsp3) is 0.909. The first-order chi connectivity index (χ1) is 7.74. The molecule has 1 heterocycles. The zero-order chi connectivity index (χ0) is 11.8. The summed E-state index contributed by atoms with van der Waals surface area (Å²) in [5, 5.41) is 8.82. The van der Waals surface area contributed by atoms with Gasteiger partial charge in [-0.2, -0.15) is 0 Å². The molecule has 1 aliphatic heterocycles. The summed E-state index contributed by atoms with van der Waals surface area (Å²) in [6, 6.07) is 0. The van der Waals surface area contributed by atoms with E-state index in [2.05, 4.69) is 0 Å². The molecule has 0 aromatic heterocycles. The number of carboxylic acids is 1. The minimum atomic E-state index is -0.964. The third-order valence-corrected chi connectivity index (χ3v) is 2.61. The number of rotatable bonds is 7. The van der Waals surface area contributed by atoms with E-state index in [0.717, 1.165) is 26.1 Å². The average molecular weight is 232 g/mol. The van der Waals surface area contributed by atoms with Crippen LogP contribution >= 0.6 is 0 Å². The van der Waals surface area contributed by atoms with E-state index in [-0.39, 0.29) is 6.61 Å². The van der Waals surface area contributed by atoms with E-state index in [1.807, 2.05) is 0 Å². The number of aliphatic carboxylic acids is 1. The second-order valence-electron chi connectivity index (χ2n) is 3.88. The fourth-order valence-corrected chi connectivity index (χ4v) is 1.65. The van der Waals surface area contributed by atoms with Gasteiger partial charge in [0.25, 0.3) is 0 Å². The molecule has 16 heavy (non-hydrogen) atoms. The summed E-state index contributed by atoms with van der Waals surface area (Å²) in [6.45, 7) is 4.44. The second-order valence-corrected chi connectivity index (χ2v) is 3.88. The third-order valence-electron chi connectivity index (χ3n) is 2.61. The summed E-state index contributed by atoms with van der Waals surface area (Å²) < 4.78 is 15.7. The van der Waals surface area contributed by atoms with Gasteiger partial charge in [0.2, 0.25) is 0 Å². The molecule has 0 aromatic carbocycles. The van der Waals surface area contributed by atoms with Gasteiger partial charge < -0.3 is 19.3 Å². The van der Waals surface area contributed by atoms with Gasteiger partial charge in [0.05, 0.1) is 6.61 Å². The van der Waals surface area contributed by atoms with E-state index in [9.17, 15) is 4.79 Å². The van der Waals surface area contributed by atoms with Crippen LogP contribution in [0.2, 0.25) is 0 Å². The Bertz CT molecular complexity index is 201. The quantitative estimate of drug-likeness (QED) is 0.707. The van der Waals surface area contributed by atoms with Crippen molar-refractivity contribution in [1.29, 1.82) is 0 Å². The molecule has 1 rings (SSSR count). The average Bonchev–Trinajstić information content (AvgIpc) is 2.29. The van der Waals surface area contributed by atoms with Crippen molar-refractivity contribution in [3.8, 4) is 0 Å². The Balaban J connectivity index is 2.13. The highest BCUT2D eigenvalue weighted by Crippen LogP contribution is 2.14. The highest BCUT2D eigenvalue weighted by molar-refractivity contribution is 5.72. The fourth-order valence-electron chi connectivity index (χ4n) is 1.65. The number of ether oxygens (including phenoxy) is 3. The highest BCUT2D eigenvalue weighted by Gasteiger charge is 2.19. The molecule has 1 fully saturated rings. The number of hydrogen-bond acceptors (Lipinski definition) is 4. The molecule has 0 radical (unpaired) electrons. The van der Waals surface area contributed by atoms with Crippen molar-refractivity contribution in [1.82, 2.24) is 0 Å². The Morgan fingerprint density at radius 3 is 2.75 bits per heavy atom. The van der Waals surface area contributed by atoms with Crippen molar-refractivity contribution in [3.63, 3.8) is 0 Å². The van der Waals surface area contributed by atoms with E-state index >= 15 is 0 Å². The molecule has 0 aliphatic carbocycles. The van der Waals surface area contributed by atoms with Crippen LogP contribution in [0.4, 0.5) is 0 Å². The lowest BCUT2D eigenvalue weighted by atomic mass is 10.0. The zero-order valence-electron chi connectivity index (χ0n) is 9.68. The maximum atomic E-state index is 10.7. The van der Waals surface area contributed by atoms with Crippen molar-refractivity contribution in [2.24, 2.45) is 5.92 Å². The molecular weight excluding hydrogens is 212 g/mol. The molecule has 1 unspecified atom stereocenters. The predicted molar refractivity (Wildman–Crippen MR) is 57.4 cm³/mol. The lowest BCUT2D eigenvalue weighted by Crippen LogP contribution is -2.30. The van der Waals surface area contributed by atoms with Crippen molar-refractivity contribution in [2.45, 2.75) is 25.9 Å². The Labute approximate surface area is 95.7 Å². The molecule has 1 atom stereocenters. The number of carbonyl (C=O) groups is 1. The van der Waals surface area contributed by atoms with Crippen LogP contribution in [0, 0.1) is 5.92 Å². The van der Waals surface area contributed by atoms with Gasteiger partial charge >= 0.3 is 5.97 Å². The Morgan fingerprint density at radius 1 is 1.50 bits per heavy atom. The van der Waals surface area contributed by atoms with Crippen molar-refractivity contribution < 1.29 is 24.1 Å². The molecule has 5 nitrogen and oxygen atoms in total. The van der Waals surface area contributed by atoms with Gasteiger partial charge in [-0.05, 0) is 25.7 Å². The van der Waals surface area contributed by atoms with E-state index in [1.165, 1.54) is 0 Å². The van der Waals surface area contributed by atoms with Gasteiger partial charge in [0, 0.05) is 26.4 Å². The minimum absolute atomic E-state index is 0.126. The van der Waals surface area contributed by atoms with Crippen molar-refractivity contribution in [2.75, 3.05) is 33.0 Å². The smallest absolute Gasteiger partial charge is 0.335 e. The van der Waals surface area contributed by atoms with E-state index < -0.39 is 12.1 Å². The molecule has 94 valence electrons. The third kappa shape index (κ3) is 4.92. The molecule has 0 amide bonds. The van der Waals surface area contributed by atoms with Gasteiger partial charge in [-0.1, -0.05) is 0 Å². The number of carboxylic acid groups (broad SMARTS) is 1. The molecule has 1 saturated heterocycles. The SMILES string of the molecule is CCOC(COCC1CCOCC1)C(=O)O. The lowest BCUT2D eigenvalue weighted by Gasteiger charge is -2.22. The van der Waals surface area contributed by atoms with Crippen LogP contribution < -0.4 is 0 Å². The van der Waals surface area contributed by atoms with Crippen LogP contribution in [0.3, 0.4) is 0 Å². The summed E-state index contributed by atoms with van der Waals surface area (Å²) in [5.41, 5.74) is 0. The molecule has 5 heteroatoms. The summed E-state index contributed by atoms with van der Waals surface area (Å²) in [5.74, 6) is -0.473. The maximum absolute atomic E-state index is 10.7. The van der Waals surface area contributed by atoms with Crippen LogP contribution in [0.1, 0.15) is 19.8 Å². The Hall–Kier alpha value is -0.650. The van der Waals surface area contributed by atoms with Crippen LogP contribution in [-0.2, 0) is 19.0 Å². The van der Waals surface area contributed by atoms with Gasteiger partial charge in [0.15, 0.2) is 6.10 Å². The first-order valence-electron chi connectivity index (χ1n) is 5.74. The number of hydrogen-bond donors (Lipinski definition) is 1. The monoisotopic (exact) mass is 232 g/mol. The molecule has 1 N–H and O–H groups in total. The van der Waals surface area contributed by atoms with Crippen LogP contribution in [-0.4, -0.2) is 50.2 Å². The first-order valence-corrected chi connectivity index (χ1v) is 5.74. The van der Waals surface area contributed by atoms with Crippen molar-refractivity contribution in [3.05, 3.63) is 0 Å². The molecule has 0 bridgehead atoms. The van der Waals surface area contributed by atoms with Gasteiger partial charge in [-0.15, -0.1) is 0 Å².